The molecule has 3 heteroatoms. The van der Waals surface area contributed by atoms with Crippen LogP contribution >= 0.6 is 0 Å². The van der Waals surface area contributed by atoms with Gasteiger partial charge in [0.2, 0.25) is 0 Å². The quantitative estimate of drug-likeness (QED) is 0.803. The summed E-state index contributed by atoms with van der Waals surface area (Å²) in [4.78, 5) is 11.8. The van der Waals surface area contributed by atoms with Crippen molar-refractivity contribution in [2.45, 2.75) is 53.1 Å². The molecule has 1 rings (SSSR count). The van der Waals surface area contributed by atoms with E-state index in [-0.39, 0.29) is 12.2 Å². The molecule has 1 N–H and O–H groups in total. The van der Waals surface area contributed by atoms with Gasteiger partial charge < -0.3 is 4.74 Å². The molecular formula is C16H25NO2. The molecule has 3 nitrogen and oxygen atoms in total. The molecule has 0 aliphatic rings. The summed E-state index contributed by atoms with van der Waals surface area (Å²) >= 11 is 0. The van der Waals surface area contributed by atoms with Crippen LogP contribution in [-0.4, -0.2) is 12.2 Å². The lowest BCUT2D eigenvalue weighted by atomic mass is 9.95. The smallest absolute Gasteiger partial charge is 0.411 e. The maximum Gasteiger partial charge on any atom is 0.411 e. The second kappa shape index (κ2) is 7.82. The van der Waals surface area contributed by atoms with Gasteiger partial charge in [0, 0.05) is 5.69 Å². The number of benzene rings is 1. The van der Waals surface area contributed by atoms with Crippen molar-refractivity contribution in [3.63, 3.8) is 0 Å². The molecule has 0 radical (unpaired) electrons. The first-order valence-electron chi connectivity index (χ1n) is 7.11. The van der Waals surface area contributed by atoms with E-state index in [0.717, 1.165) is 24.9 Å². The second-order valence-electron chi connectivity index (χ2n) is 5.06. The predicted octanol–water partition coefficient (Wildman–Crippen LogP) is 4.76. The first-order chi connectivity index (χ1) is 9.06. The fourth-order valence-corrected chi connectivity index (χ4v) is 2.19. The lowest BCUT2D eigenvalue weighted by Crippen LogP contribution is -2.26. The molecule has 1 aromatic rings. The molecule has 19 heavy (non-hydrogen) atoms. The highest BCUT2D eigenvalue weighted by molar-refractivity contribution is 5.84. The van der Waals surface area contributed by atoms with Crippen LogP contribution in [-0.2, 0) is 4.74 Å². The van der Waals surface area contributed by atoms with E-state index < -0.39 is 0 Å². The Labute approximate surface area is 116 Å². The summed E-state index contributed by atoms with van der Waals surface area (Å²) in [5.74, 6) is 0.439. The Bertz CT molecular complexity index is 386. The number of rotatable bonds is 6. The van der Waals surface area contributed by atoms with E-state index in [2.05, 4.69) is 19.2 Å². The highest BCUT2D eigenvalue weighted by Crippen LogP contribution is 2.19. The van der Waals surface area contributed by atoms with Crippen molar-refractivity contribution in [2.24, 2.45) is 5.92 Å². The normalized spacial score (nSPS) is 13.7. The number of amides is 1. The van der Waals surface area contributed by atoms with Gasteiger partial charge in [0.05, 0.1) is 0 Å². The zero-order valence-corrected chi connectivity index (χ0v) is 12.4. The summed E-state index contributed by atoms with van der Waals surface area (Å²) in [7, 11) is 0. The van der Waals surface area contributed by atoms with Gasteiger partial charge in [0.15, 0.2) is 0 Å². The Morgan fingerprint density at radius 1 is 1.26 bits per heavy atom. The summed E-state index contributed by atoms with van der Waals surface area (Å²) in [5.41, 5.74) is 1.94. The van der Waals surface area contributed by atoms with Gasteiger partial charge in [-0.15, -0.1) is 0 Å². The van der Waals surface area contributed by atoms with Crippen LogP contribution in [0.15, 0.2) is 24.3 Å². The molecule has 0 fully saturated rings. The molecule has 106 valence electrons. The van der Waals surface area contributed by atoms with Crippen molar-refractivity contribution >= 4 is 11.8 Å². The van der Waals surface area contributed by atoms with Crippen LogP contribution in [0.5, 0.6) is 0 Å². The zero-order valence-electron chi connectivity index (χ0n) is 12.4. The van der Waals surface area contributed by atoms with Crippen molar-refractivity contribution in [3.8, 4) is 0 Å². The molecule has 2 atom stereocenters. The molecule has 0 bridgehead atoms. The first kappa shape index (κ1) is 15.5. The maximum atomic E-state index is 11.8. The van der Waals surface area contributed by atoms with Gasteiger partial charge in [0.25, 0.3) is 0 Å². The molecule has 0 aliphatic carbocycles. The van der Waals surface area contributed by atoms with Gasteiger partial charge in [-0.2, -0.15) is 0 Å². The summed E-state index contributed by atoms with van der Waals surface area (Å²) in [5, 5.41) is 2.76. The van der Waals surface area contributed by atoms with E-state index >= 15 is 0 Å². The molecule has 0 aromatic heterocycles. The number of aryl methyl sites for hydroxylation is 1. The van der Waals surface area contributed by atoms with Gasteiger partial charge in [-0.3, -0.25) is 5.32 Å². The number of ether oxygens (including phenoxy) is 1. The van der Waals surface area contributed by atoms with Crippen LogP contribution in [0.1, 0.15) is 45.6 Å². The number of carbonyl (C=O) groups excluding carboxylic acids is 1. The van der Waals surface area contributed by atoms with Crippen LogP contribution in [0.25, 0.3) is 0 Å². The molecule has 1 amide bonds. The minimum absolute atomic E-state index is 0.0459. The minimum atomic E-state index is -0.370. The third-order valence-corrected chi connectivity index (χ3v) is 3.44. The highest BCUT2D eigenvalue weighted by atomic mass is 16.6. The fourth-order valence-electron chi connectivity index (χ4n) is 2.19. The standard InChI is InChI=1S/C16H25NO2/c1-5-7-14(6-2)13(4)19-16(18)17-15-10-8-12(3)9-11-15/h8-11,13-14H,5-7H2,1-4H3,(H,17,18). The largest absolute Gasteiger partial charge is 0.446 e. The van der Waals surface area contributed by atoms with Crippen molar-refractivity contribution in [2.75, 3.05) is 5.32 Å². The Morgan fingerprint density at radius 3 is 2.42 bits per heavy atom. The minimum Gasteiger partial charge on any atom is -0.446 e. The Morgan fingerprint density at radius 2 is 1.89 bits per heavy atom. The Balaban J connectivity index is 2.48. The van der Waals surface area contributed by atoms with Crippen molar-refractivity contribution in [1.82, 2.24) is 0 Å². The predicted molar refractivity (Wildman–Crippen MR) is 79.4 cm³/mol. The van der Waals surface area contributed by atoms with Crippen LogP contribution in [0, 0.1) is 12.8 Å². The number of carbonyl (C=O) groups is 1. The first-order valence-corrected chi connectivity index (χ1v) is 7.11. The van der Waals surface area contributed by atoms with E-state index in [4.69, 9.17) is 4.74 Å². The molecule has 0 saturated carbocycles. The van der Waals surface area contributed by atoms with E-state index in [0.29, 0.717) is 5.92 Å². The van der Waals surface area contributed by atoms with Crippen molar-refractivity contribution in [3.05, 3.63) is 29.8 Å². The van der Waals surface area contributed by atoms with Crippen LogP contribution in [0.2, 0.25) is 0 Å². The Hall–Kier alpha value is -1.51. The van der Waals surface area contributed by atoms with Gasteiger partial charge in [-0.05, 0) is 44.7 Å². The summed E-state index contributed by atoms with van der Waals surface area (Å²) < 4.78 is 5.44. The second-order valence-corrected chi connectivity index (χ2v) is 5.06. The van der Waals surface area contributed by atoms with Crippen molar-refractivity contribution < 1.29 is 9.53 Å². The van der Waals surface area contributed by atoms with Crippen LogP contribution in [0.4, 0.5) is 10.5 Å². The summed E-state index contributed by atoms with van der Waals surface area (Å²) in [6, 6.07) is 7.69. The SMILES string of the molecule is CCCC(CC)C(C)OC(=O)Nc1ccc(C)cc1. The van der Waals surface area contributed by atoms with Gasteiger partial charge in [-0.1, -0.05) is 38.0 Å². The topological polar surface area (TPSA) is 38.3 Å². The van der Waals surface area contributed by atoms with E-state index in [1.165, 1.54) is 5.56 Å². The third kappa shape index (κ3) is 5.33. The zero-order chi connectivity index (χ0) is 14.3. The average Bonchev–Trinajstić information content (AvgIpc) is 2.38. The molecule has 1 aromatic carbocycles. The third-order valence-electron chi connectivity index (χ3n) is 3.44. The van der Waals surface area contributed by atoms with Crippen LogP contribution < -0.4 is 5.32 Å². The van der Waals surface area contributed by atoms with Crippen LogP contribution in [0.3, 0.4) is 0 Å². The molecular weight excluding hydrogens is 238 g/mol. The Kier molecular flexibility index (Phi) is 6.40. The number of anilines is 1. The monoisotopic (exact) mass is 263 g/mol. The average molecular weight is 263 g/mol. The lowest BCUT2D eigenvalue weighted by Gasteiger charge is -2.22. The lowest BCUT2D eigenvalue weighted by molar-refractivity contribution is 0.0785. The van der Waals surface area contributed by atoms with E-state index in [1.807, 2.05) is 38.1 Å². The summed E-state index contributed by atoms with van der Waals surface area (Å²) in [6.07, 6.45) is 2.83. The maximum absolute atomic E-state index is 11.8. The van der Waals surface area contributed by atoms with Gasteiger partial charge in [0.1, 0.15) is 6.10 Å². The van der Waals surface area contributed by atoms with E-state index in [9.17, 15) is 4.79 Å². The van der Waals surface area contributed by atoms with E-state index in [1.54, 1.807) is 0 Å². The van der Waals surface area contributed by atoms with Crippen molar-refractivity contribution in [1.29, 1.82) is 0 Å². The number of hydrogen-bond donors (Lipinski definition) is 1. The highest BCUT2D eigenvalue weighted by Gasteiger charge is 2.18. The summed E-state index contributed by atoms with van der Waals surface area (Å²) in [6.45, 7) is 8.28. The molecule has 0 heterocycles. The molecule has 0 spiro atoms. The molecule has 0 aliphatic heterocycles. The molecule has 0 saturated heterocycles. The van der Waals surface area contributed by atoms with Gasteiger partial charge in [-0.25, -0.2) is 4.79 Å². The number of nitrogens with one attached hydrogen (secondary N) is 1. The number of hydrogen-bond acceptors (Lipinski definition) is 2. The molecule has 2 unspecified atom stereocenters. The van der Waals surface area contributed by atoms with Gasteiger partial charge >= 0.3 is 6.09 Å². The fraction of sp³-hybridized carbons (Fsp3) is 0.562.